The number of benzene rings is 1. The third-order valence-corrected chi connectivity index (χ3v) is 4.12. The lowest BCUT2D eigenvalue weighted by Gasteiger charge is -2.27. The first-order valence-corrected chi connectivity index (χ1v) is 8.09. The molecule has 0 aromatic heterocycles. The number of rotatable bonds is 2. The molecule has 130 valence electrons. The molecule has 2 amide bonds. The zero-order chi connectivity index (χ0) is 17.5. The number of hydrogen-bond donors (Lipinski definition) is 3. The van der Waals surface area contributed by atoms with Crippen LogP contribution in [0.25, 0.3) is 0 Å². The van der Waals surface area contributed by atoms with E-state index < -0.39 is 17.7 Å². The van der Waals surface area contributed by atoms with Crippen molar-refractivity contribution >= 4 is 23.4 Å². The van der Waals surface area contributed by atoms with Gasteiger partial charge in [-0.15, -0.1) is 0 Å². The topological polar surface area (TPSA) is 90.9 Å². The SMILES string of the molecule is CC(C)(C)OC(=O)N[C@H]1CNc2cccc3c2N(C1=O)[C@@H](CO)C3. The lowest BCUT2D eigenvalue weighted by molar-refractivity contribution is -0.120. The van der Waals surface area contributed by atoms with Gasteiger partial charge >= 0.3 is 6.09 Å². The number of alkyl carbamates (subject to hydrolysis) is 1. The van der Waals surface area contributed by atoms with Crippen molar-refractivity contribution in [2.45, 2.75) is 44.9 Å². The third-order valence-electron chi connectivity index (χ3n) is 4.12. The first kappa shape index (κ1) is 16.6. The first-order chi connectivity index (χ1) is 11.3. The zero-order valence-electron chi connectivity index (χ0n) is 14.1. The molecule has 3 N–H and O–H groups in total. The smallest absolute Gasteiger partial charge is 0.408 e. The van der Waals surface area contributed by atoms with Crippen LogP contribution in [0.4, 0.5) is 16.2 Å². The summed E-state index contributed by atoms with van der Waals surface area (Å²) in [6.45, 7) is 5.45. The van der Waals surface area contributed by atoms with Gasteiger partial charge in [-0.05, 0) is 38.8 Å². The molecule has 1 aromatic carbocycles. The molecule has 7 nitrogen and oxygen atoms in total. The number of aliphatic hydroxyl groups excluding tert-OH is 1. The van der Waals surface area contributed by atoms with Gasteiger partial charge in [-0.25, -0.2) is 4.79 Å². The number of nitrogens with one attached hydrogen (secondary N) is 2. The van der Waals surface area contributed by atoms with Gasteiger partial charge in [0.25, 0.3) is 5.91 Å². The van der Waals surface area contributed by atoms with Gasteiger partial charge in [0, 0.05) is 6.54 Å². The fraction of sp³-hybridized carbons (Fsp3) is 0.529. The van der Waals surface area contributed by atoms with Crippen LogP contribution in [0.1, 0.15) is 26.3 Å². The third kappa shape index (κ3) is 3.03. The number of ether oxygens (including phenoxy) is 1. The van der Waals surface area contributed by atoms with Crippen molar-refractivity contribution in [2.75, 3.05) is 23.4 Å². The van der Waals surface area contributed by atoms with Crippen LogP contribution in [0.5, 0.6) is 0 Å². The summed E-state index contributed by atoms with van der Waals surface area (Å²) in [5.74, 6) is -0.240. The average molecular weight is 333 g/mol. The highest BCUT2D eigenvalue weighted by atomic mass is 16.6. The molecule has 2 aliphatic rings. The molecule has 0 radical (unpaired) electrons. The van der Waals surface area contributed by atoms with Gasteiger partial charge in [0.05, 0.1) is 24.0 Å². The molecular formula is C17H23N3O4. The van der Waals surface area contributed by atoms with E-state index in [-0.39, 0.29) is 25.1 Å². The minimum Gasteiger partial charge on any atom is -0.444 e. The van der Waals surface area contributed by atoms with Crippen LogP contribution < -0.4 is 15.5 Å². The Hall–Kier alpha value is -2.28. The largest absolute Gasteiger partial charge is 0.444 e. The quantitative estimate of drug-likeness (QED) is 0.758. The number of carbonyl (C=O) groups is 2. The number of para-hydroxylation sites is 1. The predicted octanol–water partition coefficient (Wildman–Crippen LogP) is 1.26. The van der Waals surface area contributed by atoms with Crippen LogP contribution >= 0.6 is 0 Å². The van der Waals surface area contributed by atoms with Crippen LogP contribution in [0, 0.1) is 0 Å². The van der Waals surface area contributed by atoms with Crippen molar-refractivity contribution in [1.29, 1.82) is 0 Å². The summed E-state index contributed by atoms with van der Waals surface area (Å²) in [4.78, 5) is 26.6. The summed E-state index contributed by atoms with van der Waals surface area (Å²) in [6.07, 6.45) is -0.0275. The summed E-state index contributed by atoms with van der Waals surface area (Å²) in [5.41, 5.74) is 2.02. The Morgan fingerprint density at radius 1 is 1.46 bits per heavy atom. The molecule has 1 aromatic rings. The van der Waals surface area contributed by atoms with Crippen molar-refractivity contribution < 1.29 is 19.4 Å². The number of anilines is 2. The van der Waals surface area contributed by atoms with E-state index in [1.165, 1.54) is 0 Å². The van der Waals surface area contributed by atoms with E-state index >= 15 is 0 Å². The molecule has 0 bridgehead atoms. The normalized spacial score (nSPS) is 22.5. The summed E-state index contributed by atoms with van der Waals surface area (Å²) in [7, 11) is 0. The lowest BCUT2D eigenvalue weighted by Crippen LogP contribution is -2.53. The van der Waals surface area contributed by atoms with Gasteiger partial charge in [0.1, 0.15) is 11.6 Å². The van der Waals surface area contributed by atoms with Crippen molar-refractivity contribution in [2.24, 2.45) is 0 Å². The van der Waals surface area contributed by atoms with Crippen LogP contribution in [0.3, 0.4) is 0 Å². The highest BCUT2D eigenvalue weighted by Gasteiger charge is 2.41. The molecule has 24 heavy (non-hydrogen) atoms. The molecule has 7 heteroatoms. The van der Waals surface area contributed by atoms with Crippen LogP contribution in [-0.2, 0) is 16.0 Å². The van der Waals surface area contributed by atoms with E-state index in [0.717, 1.165) is 16.9 Å². The Morgan fingerprint density at radius 3 is 2.88 bits per heavy atom. The second-order valence-electron chi connectivity index (χ2n) is 7.14. The molecule has 2 atom stereocenters. The molecule has 0 saturated heterocycles. The highest BCUT2D eigenvalue weighted by Crippen LogP contribution is 2.40. The van der Waals surface area contributed by atoms with Crippen molar-refractivity contribution in [3.8, 4) is 0 Å². The Balaban J connectivity index is 1.85. The fourth-order valence-electron chi connectivity index (χ4n) is 3.18. The summed E-state index contributed by atoms with van der Waals surface area (Å²) >= 11 is 0. The molecule has 0 unspecified atom stereocenters. The Morgan fingerprint density at radius 2 is 2.21 bits per heavy atom. The number of carbonyl (C=O) groups excluding carboxylic acids is 2. The summed E-state index contributed by atoms with van der Waals surface area (Å²) in [5, 5.41) is 15.5. The number of nitrogens with zero attached hydrogens (tertiary/aromatic N) is 1. The molecule has 0 spiro atoms. The van der Waals surface area contributed by atoms with Crippen molar-refractivity contribution in [3.05, 3.63) is 23.8 Å². The van der Waals surface area contributed by atoms with Gasteiger partial charge in [0.2, 0.25) is 0 Å². The van der Waals surface area contributed by atoms with Gasteiger partial charge < -0.3 is 25.4 Å². The Labute approximate surface area is 141 Å². The fourth-order valence-corrected chi connectivity index (χ4v) is 3.18. The molecule has 2 aliphatic heterocycles. The summed E-state index contributed by atoms with van der Waals surface area (Å²) < 4.78 is 5.24. The second-order valence-corrected chi connectivity index (χ2v) is 7.14. The molecule has 0 fully saturated rings. The zero-order valence-corrected chi connectivity index (χ0v) is 14.1. The Bertz CT molecular complexity index is 668. The van der Waals surface area contributed by atoms with Crippen LogP contribution in [0.2, 0.25) is 0 Å². The maximum Gasteiger partial charge on any atom is 0.408 e. The van der Waals surface area contributed by atoms with E-state index in [1.54, 1.807) is 25.7 Å². The van der Waals surface area contributed by atoms with Crippen LogP contribution in [0.15, 0.2) is 18.2 Å². The molecule has 2 heterocycles. The summed E-state index contributed by atoms with van der Waals surface area (Å²) in [6, 6.07) is 4.71. The standard InChI is InChI=1S/C17H23N3O4/c1-17(2,3)24-16(23)19-13-8-18-12-6-4-5-10-7-11(9-21)20(14(10)12)15(13)22/h4-6,11,13,18,21H,7-9H2,1-3H3,(H,19,23)/t11-,13+/m1/s1. The number of amides is 2. The van der Waals surface area contributed by atoms with Crippen molar-refractivity contribution in [1.82, 2.24) is 5.32 Å². The first-order valence-electron chi connectivity index (χ1n) is 8.09. The number of aliphatic hydroxyl groups is 1. The monoisotopic (exact) mass is 333 g/mol. The Kier molecular flexibility index (Phi) is 4.13. The minimum atomic E-state index is -0.757. The van der Waals surface area contributed by atoms with Gasteiger partial charge in [0.15, 0.2) is 0 Å². The number of hydrogen-bond acceptors (Lipinski definition) is 5. The molecule has 3 rings (SSSR count). The van der Waals surface area contributed by atoms with Gasteiger partial charge in [-0.3, -0.25) is 4.79 Å². The van der Waals surface area contributed by atoms with E-state index in [2.05, 4.69) is 10.6 Å². The average Bonchev–Trinajstić information content (AvgIpc) is 2.81. The van der Waals surface area contributed by atoms with E-state index in [1.807, 2.05) is 18.2 Å². The minimum absolute atomic E-state index is 0.126. The lowest BCUT2D eigenvalue weighted by atomic mass is 10.1. The van der Waals surface area contributed by atoms with E-state index in [0.29, 0.717) is 6.42 Å². The van der Waals surface area contributed by atoms with Gasteiger partial charge in [-0.2, -0.15) is 0 Å². The predicted molar refractivity (Wildman–Crippen MR) is 90.2 cm³/mol. The van der Waals surface area contributed by atoms with Crippen molar-refractivity contribution in [3.63, 3.8) is 0 Å². The van der Waals surface area contributed by atoms with E-state index in [9.17, 15) is 14.7 Å². The maximum absolute atomic E-state index is 12.9. The molecular weight excluding hydrogens is 310 g/mol. The van der Waals surface area contributed by atoms with Gasteiger partial charge in [-0.1, -0.05) is 12.1 Å². The highest BCUT2D eigenvalue weighted by molar-refractivity contribution is 6.05. The van der Waals surface area contributed by atoms with Crippen LogP contribution in [-0.4, -0.2) is 47.9 Å². The maximum atomic E-state index is 12.9. The molecule has 0 saturated carbocycles. The second kappa shape index (κ2) is 5.98. The molecule has 0 aliphatic carbocycles. The van der Waals surface area contributed by atoms with E-state index in [4.69, 9.17) is 4.74 Å².